The second-order valence-corrected chi connectivity index (χ2v) is 7.05. The number of amides is 1. The molecule has 30 heavy (non-hydrogen) atoms. The van der Waals surface area contributed by atoms with Gasteiger partial charge in [-0.3, -0.25) is 9.59 Å². The van der Waals surface area contributed by atoms with Gasteiger partial charge in [0.15, 0.2) is 0 Å². The number of halogens is 1. The van der Waals surface area contributed by atoms with Crippen LogP contribution in [0.25, 0.3) is 10.8 Å². The van der Waals surface area contributed by atoms with Crippen LogP contribution >= 0.6 is 0 Å². The molecule has 1 amide bonds. The van der Waals surface area contributed by atoms with E-state index >= 15 is 0 Å². The van der Waals surface area contributed by atoms with Gasteiger partial charge in [-0.05, 0) is 30.7 Å². The molecule has 0 aliphatic carbocycles. The number of hydrogen-bond donors (Lipinski definition) is 1. The van der Waals surface area contributed by atoms with Crippen LogP contribution < -0.4 is 10.9 Å². The standard InChI is InChI=1S/C24H20FN3O2/c1-16(23(29)26-21-14-8-7-13-20(21)25)28-24(30)19-12-6-5-11-18(19)22(27-28)15-17-9-3-2-4-10-17/h2-14,16H,15H2,1H3,(H,26,29). The quantitative estimate of drug-likeness (QED) is 0.542. The summed E-state index contributed by atoms with van der Waals surface area (Å²) < 4.78 is 15.1. The SMILES string of the molecule is CC(C(=O)Nc1ccccc1F)n1nc(Cc2ccccc2)c2ccccc2c1=O. The van der Waals surface area contributed by atoms with Gasteiger partial charge >= 0.3 is 0 Å². The molecule has 0 bridgehead atoms. The van der Waals surface area contributed by atoms with Crippen LogP contribution in [0.4, 0.5) is 10.1 Å². The van der Waals surface area contributed by atoms with Gasteiger partial charge in [-0.15, -0.1) is 0 Å². The molecule has 6 heteroatoms. The molecule has 0 saturated carbocycles. The van der Waals surface area contributed by atoms with Gasteiger partial charge in [-0.2, -0.15) is 5.10 Å². The van der Waals surface area contributed by atoms with Crippen molar-refractivity contribution >= 4 is 22.4 Å². The maximum absolute atomic E-state index is 13.9. The fourth-order valence-electron chi connectivity index (χ4n) is 3.37. The molecular weight excluding hydrogens is 381 g/mol. The molecular formula is C24H20FN3O2. The molecule has 0 spiro atoms. The zero-order valence-corrected chi connectivity index (χ0v) is 16.4. The lowest BCUT2D eigenvalue weighted by atomic mass is 10.0. The van der Waals surface area contributed by atoms with Crippen molar-refractivity contribution in [2.75, 3.05) is 5.32 Å². The highest BCUT2D eigenvalue weighted by molar-refractivity contribution is 5.93. The van der Waals surface area contributed by atoms with E-state index in [2.05, 4.69) is 10.4 Å². The first kappa shape index (κ1) is 19.5. The van der Waals surface area contributed by atoms with E-state index in [-0.39, 0.29) is 11.2 Å². The largest absolute Gasteiger partial charge is 0.322 e. The summed E-state index contributed by atoms with van der Waals surface area (Å²) in [6.45, 7) is 1.58. The van der Waals surface area contributed by atoms with Crippen LogP contribution in [0.1, 0.15) is 24.2 Å². The lowest BCUT2D eigenvalue weighted by Gasteiger charge is -2.17. The third kappa shape index (κ3) is 3.85. The van der Waals surface area contributed by atoms with Gasteiger partial charge in [0, 0.05) is 11.8 Å². The molecule has 0 aliphatic heterocycles. The molecule has 1 N–H and O–H groups in total. The van der Waals surface area contributed by atoms with E-state index in [4.69, 9.17) is 0 Å². The zero-order valence-electron chi connectivity index (χ0n) is 16.4. The number of benzene rings is 3. The zero-order chi connectivity index (χ0) is 21.1. The maximum Gasteiger partial charge on any atom is 0.275 e. The van der Waals surface area contributed by atoms with Crippen molar-refractivity contribution in [3.63, 3.8) is 0 Å². The molecule has 5 nitrogen and oxygen atoms in total. The molecule has 1 heterocycles. The van der Waals surface area contributed by atoms with Gasteiger partial charge in [0.05, 0.1) is 16.8 Å². The average molecular weight is 401 g/mol. The Morgan fingerprint density at radius 1 is 0.967 bits per heavy atom. The maximum atomic E-state index is 13.9. The summed E-state index contributed by atoms with van der Waals surface area (Å²) >= 11 is 0. The van der Waals surface area contributed by atoms with Crippen molar-refractivity contribution in [3.05, 3.63) is 106 Å². The summed E-state index contributed by atoms with van der Waals surface area (Å²) in [4.78, 5) is 25.8. The number of carbonyl (C=O) groups is 1. The summed E-state index contributed by atoms with van der Waals surface area (Å²) in [5, 5.41) is 8.31. The first-order valence-corrected chi connectivity index (χ1v) is 9.64. The monoisotopic (exact) mass is 401 g/mol. The van der Waals surface area contributed by atoms with E-state index in [1.807, 2.05) is 42.5 Å². The van der Waals surface area contributed by atoms with Crippen molar-refractivity contribution < 1.29 is 9.18 Å². The van der Waals surface area contributed by atoms with E-state index in [0.29, 0.717) is 17.5 Å². The van der Waals surface area contributed by atoms with Crippen LogP contribution in [0.5, 0.6) is 0 Å². The molecule has 4 rings (SSSR count). The second kappa shape index (κ2) is 8.29. The van der Waals surface area contributed by atoms with Crippen molar-refractivity contribution in [1.82, 2.24) is 9.78 Å². The third-order valence-electron chi connectivity index (χ3n) is 5.00. The van der Waals surface area contributed by atoms with Gasteiger partial charge in [0.25, 0.3) is 5.56 Å². The van der Waals surface area contributed by atoms with Gasteiger partial charge in [-0.1, -0.05) is 60.7 Å². The number of nitrogens with one attached hydrogen (secondary N) is 1. The number of para-hydroxylation sites is 1. The number of fused-ring (bicyclic) bond motifs is 1. The number of nitrogens with zero attached hydrogens (tertiary/aromatic N) is 2. The first-order valence-electron chi connectivity index (χ1n) is 9.64. The molecule has 0 radical (unpaired) electrons. The summed E-state index contributed by atoms with van der Waals surface area (Å²) in [5.74, 6) is -1.06. The van der Waals surface area contributed by atoms with Gasteiger partial charge in [0.2, 0.25) is 5.91 Å². The Morgan fingerprint density at radius 2 is 1.60 bits per heavy atom. The Morgan fingerprint density at radius 3 is 2.33 bits per heavy atom. The normalized spacial score (nSPS) is 11.9. The molecule has 1 aromatic heterocycles. The Bertz CT molecular complexity index is 1270. The number of aromatic nitrogens is 2. The number of rotatable bonds is 5. The van der Waals surface area contributed by atoms with Crippen molar-refractivity contribution in [3.8, 4) is 0 Å². The number of hydrogen-bond acceptors (Lipinski definition) is 3. The molecule has 4 aromatic rings. The minimum absolute atomic E-state index is 0.0627. The number of anilines is 1. The van der Waals surface area contributed by atoms with Crippen molar-refractivity contribution in [1.29, 1.82) is 0 Å². The van der Waals surface area contributed by atoms with Crippen LogP contribution in [0.3, 0.4) is 0 Å². The van der Waals surface area contributed by atoms with E-state index in [9.17, 15) is 14.0 Å². The van der Waals surface area contributed by atoms with Crippen LogP contribution in [-0.4, -0.2) is 15.7 Å². The molecule has 0 saturated heterocycles. The Balaban J connectivity index is 1.74. The fraction of sp³-hybridized carbons (Fsp3) is 0.125. The topological polar surface area (TPSA) is 64.0 Å². The summed E-state index contributed by atoms with van der Waals surface area (Å²) in [6, 6.07) is 22.0. The van der Waals surface area contributed by atoms with Gasteiger partial charge in [0.1, 0.15) is 11.9 Å². The van der Waals surface area contributed by atoms with E-state index in [1.54, 1.807) is 31.2 Å². The summed E-state index contributed by atoms with van der Waals surface area (Å²) in [7, 11) is 0. The Hall–Kier alpha value is -3.80. The smallest absolute Gasteiger partial charge is 0.275 e. The summed E-state index contributed by atoms with van der Waals surface area (Å²) in [5.41, 5.74) is 1.44. The van der Waals surface area contributed by atoms with E-state index in [0.717, 1.165) is 10.9 Å². The minimum Gasteiger partial charge on any atom is -0.322 e. The second-order valence-electron chi connectivity index (χ2n) is 7.05. The Kier molecular flexibility index (Phi) is 5.39. The number of carbonyl (C=O) groups excluding carboxylic acids is 1. The fourth-order valence-corrected chi connectivity index (χ4v) is 3.37. The molecule has 150 valence electrons. The highest BCUT2D eigenvalue weighted by Gasteiger charge is 2.21. The summed E-state index contributed by atoms with van der Waals surface area (Å²) in [6.07, 6.45) is 0.517. The molecule has 1 unspecified atom stereocenters. The first-order chi connectivity index (χ1) is 14.5. The van der Waals surface area contributed by atoms with Crippen LogP contribution in [-0.2, 0) is 11.2 Å². The third-order valence-corrected chi connectivity index (χ3v) is 5.00. The molecule has 1 atom stereocenters. The average Bonchev–Trinajstić information content (AvgIpc) is 2.77. The van der Waals surface area contributed by atoms with Crippen LogP contribution in [0, 0.1) is 5.82 Å². The van der Waals surface area contributed by atoms with Crippen molar-refractivity contribution in [2.45, 2.75) is 19.4 Å². The highest BCUT2D eigenvalue weighted by atomic mass is 19.1. The van der Waals surface area contributed by atoms with Crippen LogP contribution in [0.2, 0.25) is 0 Å². The predicted molar refractivity (Wildman–Crippen MR) is 115 cm³/mol. The van der Waals surface area contributed by atoms with E-state index in [1.165, 1.54) is 16.8 Å². The molecule has 3 aromatic carbocycles. The lowest BCUT2D eigenvalue weighted by molar-refractivity contribution is -0.119. The van der Waals surface area contributed by atoms with Crippen LogP contribution in [0.15, 0.2) is 83.7 Å². The predicted octanol–water partition coefficient (Wildman–Crippen LogP) is 4.33. The van der Waals surface area contributed by atoms with Gasteiger partial charge in [-0.25, -0.2) is 9.07 Å². The Labute approximate surface area is 172 Å². The van der Waals surface area contributed by atoms with E-state index < -0.39 is 17.8 Å². The lowest BCUT2D eigenvalue weighted by Crippen LogP contribution is -2.34. The van der Waals surface area contributed by atoms with Crippen molar-refractivity contribution in [2.24, 2.45) is 0 Å². The molecule has 0 fully saturated rings. The molecule has 0 aliphatic rings. The highest BCUT2D eigenvalue weighted by Crippen LogP contribution is 2.19. The van der Waals surface area contributed by atoms with Gasteiger partial charge < -0.3 is 5.32 Å². The minimum atomic E-state index is -0.920.